The van der Waals surface area contributed by atoms with Crippen molar-refractivity contribution >= 4 is 0 Å². The molecule has 2 nitrogen and oxygen atoms in total. The third-order valence-electron chi connectivity index (χ3n) is 0.547. The zero-order chi connectivity index (χ0) is 4.99. The Bertz CT molecular complexity index is 32.9. The zero-order valence-electron chi connectivity index (χ0n) is 4.72. The highest BCUT2D eigenvalue weighted by Gasteiger charge is 1.80. The van der Waals surface area contributed by atoms with Crippen molar-refractivity contribution in [3.05, 3.63) is 0 Å². The van der Waals surface area contributed by atoms with Crippen LogP contribution in [0.15, 0.2) is 0 Å². The van der Waals surface area contributed by atoms with Crippen LogP contribution in [0.4, 0.5) is 4.70 Å². The van der Waals surface area contributed by atoms with E-state index in [-0.39, 0.29) is 11.3 Å². The fourth-order valence-electron chi connectivity index (χ4n) is 0.200. The minimum atomic E-state index is 0. The number of rotatable bonds is 2. The van der Waals surface area contributed by atoms with E-state index in [9.17, 15) is 0 Å². The SMILES string of the molecule is CN(C)CCO.F. The largest absolute Gasteiger partial charge is 0.395 e. The van der Waals surface area contributed by atoms with Gasteiger partial charge < -0.3 is 10.0 Å². The average Bonchev–Trinajstić information content (AvgIpc) is 1.35. The lowest BCUT2D eigenvalue weighted by atomic mass is 10.6. The lowest BCUT2D eigenvalue weighted by molar-refractivity contribution is 0.243. The van der Waals surface area contributed by atoms with Crippen LogP contribution in [0.2, 0.25) is 0 Å². The lowest BCUT2D eigenvalue weighted by Crippen LogP contribution is -2.15. The standard InChI is InChI=1S/C4H11NO.FH/c1-5(2)3-4-6;/h6H,3-4H2,1-2H3;1H. The number of aliphatic hydroxyl groups excluding tert-OH is 1. The minimum absolute atomic E-state index is 0. The Hall–Kier alpha value is -0.150. The quantitative estimate of drug-likeness (QED) is 0.526. The summed E-state index contributed by atoms with van der Waals surface area (Å²) < 4.78 is 0. The molecule has 0 aromatic rings. The molecule has 0 rings (SSSR count). The van der Waals surface area contributed by atoms with Crippen LogP contribution in [0, 0.1) is 0 Å². The molecule has 0 bridgehead atoms. The molecule has 0 saturated carbocycles. The Labute approximate surface area is 43.1 Å². The van der Waals surface area contributed by atoms with Gasteiger partial charge in [-0.05, 0) is 14.1 Å². The second kappa shape index (κ2) is 5.85. The Morgan fingerprint density at radius 1 is 1.43 bits per heavy atom. The van der Waals surface area contributed by atoms with Gasteiger partial charge in [0.15, 0.2) is 0 Å². The minimum Gasteiger partial charge on any atom is -0.395 e. The predicted octanol–water partition coefficient (Wildman–Crippen LogP) is -0.307. The molecule has 0 radical (unpaired) electrons. The van der Waals surface area contributed by atoms with Crippen molar-refractivity contribution in [1.29, 1.82) is 0 Å². The van der Waals surface area contributed by atoms with Crippen LogP contribution in [0.1, 0.15) is 0 Å². The molecular formula is C4H12FNO. The summed E-state index contributed by atoms with van der Waals surface area (Å²) in [5.74, 6) is 0. The summed E-state index contributed by atoms with van der Waals surface area (Å²) in [6, 6.07) is 0. The van der Waals surface area contributed by atoms with Gasteiger partial charge in [-0.25, -0.2) is 0 Å². The fourth-order valence-corrected chi connectivity index (χ4v) is 0.200. The molecule has 0 aliphatic carbocycles. The molecule has 3 heteroatoms. The van der Waals surface area contributed by atoms with Crippen LogP contribution in [-0.2, 0) is 0 Å². The van der Waals surface area contributed by atoms with Gasteiger partial charge in [-0.2, -0.15) is 0 Å². The number of nitrogens with zero attached hydrogens (tertiary/aromatic N) is 1. The van der Waals surface area contributed by atoms with E-state index >= 15 is 0 Å². The van der Waals surface area contributed by atoms with E-state index in [4.69, 9.17) is 5.11 Å². The van der Waals surface area contributed by atoms with Crippen LogP contribution >= 0.6 is 0 Å². The number of halogens is 1. The fraction of sp³-hybridized carbons (Fsp3) is 1.00. The first-order valence-corrected chi connectivity index (χ1v) is 2.03. The van der Waals surface area contributed by atoms with E-state index in [2.05, 4.69) is 0 Å². The molecule has 0 fully saturated rings. The van der Waals surface area contributed by atoms with Gasteiger partial charge >= 0.3 is 0 Å². The molecule has 1 N–H and O–H groups in total. The van der Waals surface area contributed by atoms with Crippen molar-refractivity contribution < 1.29 is 9.81 Å². The van der Waals surface area contributed by atoms with Crippen molar-refractivity contribution in [2.45, 2.75) is 0 Å². The van der Waals surface area contributed by atoms with Gasteiger partial charge in [0, 0.05) is 6.54 Å². The molecular weight excluding hydrogens is 97.0 g/mol. The number of hydrogen-bond donors (Lipinski definition) is 1. The normalized spacial score (nSPS) is 8.57. The summed E-state index contributed by atoms with van der Waals surface area (Å²) >= 11 is 0. The van der Waals surface area contributed by atoms with Gasteiger partial charge in [0.05, 0.1) is 6.61 Å². The van der Waals surface area contributed by atoms with E-state index in [1.165, 1.54) is 0 Å². The van der Waals surface area contributed by atoms with Gasteiger partial charge in [-0.15, -0.1) is 0 Å². The maximum atomic E-state index is 8.20. The highest BCUT2D eigenvalue weighted by molar-refractivity contribution is 4.34. The van der Waals surface area contributed by atoms with E-state index in [1.807, 2.05) is 19.0 Å². The Balaban J connectivity index is 0. The van der Waals surface area contributed by atoms with Gasteiger partial charge in [0.25, 0.3) is 0 Å². The first-order chi connectivity index (χ1) is 2.77. The highest BCUT2D eigenvalue weighted by atomic mass is 19.0. The highest BCUT2D eigenvalue weighted by Crippen LogP contribution is 1.66. The molecule has 0 atom stereocenters. The van der Waals surface area contributed by atoms with E-state index in [0.29, 0.717) is 0 Å². The molecule has 0 aliphatic heterocycles. The smallest absolute Gasteiger partial charge is 0.0558 e. The molecule has 0 saturated heterocycles. The lowest BCUT2D eigenvalue weighted by Gasteiger charge is -2.03. The molecule has 0 aliphatic rings. The molecule has 46 valence electrons. The van der Waals surface area contributed by atoms with Gasteiger partial charge in [-0.1, -0.05) is 0 Å². The summed E-state index contributed by atoms with van der Waals surface area (Å²) in [7, 11) is 3.85. The number of likely N-dealkylation sites (N-methyl/N-ethyl adjacent to an activating group) is 1. The maximum Gasteiger partial charge on any atom is 0.0558 e. The topological polar surface area (TPSA) is 23.5 Å². The molecule has 0 aromatic heterocycles. The molecule has 7 heavy (non-hydrogen) atoms. The van der Waals surface area contributed by atoms with Crippen LogP contribution in [-0.4, -0.2) is 37.3 Å². The Kier molecular flexibility index (Phi) is 8.33. The molecule has 0 unspecified atom stereocenters. The van der Waals surface area contributed by atoms with Gasteiger partial charge in [0.2, 0.25) is 0 Å². The summed E-state index contributed by atoms with van der Waals surface area (Å²) in [4.78, 5) is 1.93. The first-order valence-electron chi connectivity index (χ1n) is 2.03. The van der Waals surface area contributed by atoms with Crippen molar-refractivity contribution in [2.24, 2.45) is 0 Å². The number of aliphatic hydroxyl groups is 1. The first kappa shape index (κ1) is 9.97. The third kappa shape index (κ3) is 10.7. The van der Waals surface area contributed by atoms with Crippen LogP contribution < -0.4 is 0 Å². The predicted molar refractivity (Wildman–Crippen MR) is 28.1 cm³/mol. The van der Waals surface area contributed by atoms with Crippen LogP contribution in [0.3, 0.4) is 0 Å². The molecule has 0 spiro atoms. The third-order valence-corrected chi connectivity index (χ3v) is 0.547. The van der Waals surface area contributed by atoms with Crippen molar-refractivity contribution in [1.82, 2.24) is 4.90 Å². The molecule has 0 amide bonds. The van der Waals surface area contributed by atoms with Gasteiger partial charge in [-0.3, -0.25) is 4.70 Å². The van der Waals surface area contributed by atoms with E-state index in [0.717, 1.165) is 6.54 Å². The zero-order valence-corrected chi connectivity index (χ0v) is 4.72. The number of hydrogen-bond acceptors (Lipinski definition) is 2. The molecule has 0 heterocycles. The summed E-state index contributed by atoms with van der Waals surface area (Å²) in [5, 5.41) is 8.20. The second-order valence-electron chi connectivity index (χ2n) is 1.53. The van der Waals surface area contributed by atoms with E-state index in [1.54, 1.807) is 0 Å². The Morgan fingerprint density at radius 3 is 1.86 bits per heavy atom. The maximum absolute atomic E-state index is 8.20. The van der Waals surface area contributed by atoms with Crippen molar-refractivity contribution in [2.75, 3.05) is 27.2 Å². The summed E-state index contributed by atoms with van der Waals surface area (Å²) in [6.07, 6.45) is 0. The van der Waals surface area contributed by atoms with Gasteiger partial charge in [0.1, 0.15) is 0 Å². The molecule has 0 aromatic carbocycles. The van der Waals surface area contributed by atoms with Crippen molar-refractivity contribution in [3.63, 3.8) is 0 Å². The van der Waals surface area contributed by atoms with Crippen molar-refractivity contribution in [3.8, 4) is 0 Å². The second-order valence-corrected chi connectivity index (χ2v) is 1.53. The summed E-state index contributed by atoms with van der Waals surface area (Å²) in [6.45, 7) is 1.02. The van der Waals surface area contributed by atoms with E-state index < -0.39 is 0 Å². The van der Waals surface area contributed by atoms with Crippen LogP contribution in [0.5, 0.6) is 0 Å². The monoisotopic (exact) mass is 109 g/mol. The summed E-state index contributed by atoms with van der Waals surface area (Å²) in [5.41, 5.74) is 0. The average molecular weight is 109 g/mol. The Morgan fingerprint density at radius 2 is 1.86 bits per heavy atom. The van der Waals surface area contributed by atoms with Crippen LogP contribution in [0.25, 0.3) is 0 Å².